The van der Waals surface area contributed by atoms with Crippen molar-refractivity contribution in [3.8, 4) is 0 Å². The Morgan fingerprint density at radius 1 is 0.900 bits per heavy atom. The molecule has 2 nitrogen and oxygen atoms in total. The van der Waals surface area contributed by atoms with Crippen molar-refractivity contribution in [3.63, 3.8) is 0 Å². The molecule has 0 aliphatic heterocycles. The Morgan fingerprint density at radius 2 is 1.45 bits per heavy atom. The first-order valence-electron chi connectivity index (χ1n) is 9.19. The summed E-state index contributed by atoms with van der Waals surface area (Å²) in [7, 11) is 0. The lowest BCUT2D eigenvalue weighted by Gasteiger charge is -2.40. The zero-order valence-electron chi connectivity index (χ0n) is 14.1. The van der Waals surface area contributed by atoms with Gasteiger partial charge in [-0.15, -0.1) is 0 Å². The second-order valence-electron chi connectivity index (χ2n) is 7.20. The van der Waals surface area contributed by atoms with Gasteiger partial charge < -0.3 is 0 Å². The van der Waals surface area contributed by atoms with Gasteiger partial charge in [0.2, 0.25) is 0 Å². The van der Waals surface area contributed by atoms with Crippen LogP contribution in [0.25, 0.3) is 0 Å². The van der Waals surface area contributed by atoms with Crippen molar-refractivity contribution < 1.29 is 0 Å². The maximum absolute atomic E-state index is 5.83. The van der Waals surface area contributed by atoms with Crippen LogP contribution in [0.2, 0.25) is 0 Å². The molecule has 1 saturated carbocycles. The zero-order valence-corrected chi connectivity index (χ0v) is 14.1. The summed E-state index contributed by atoms with van der Waals surface area (Å²) in [5.41, 5.74) is 3.58. The van der Waals surface area contributed by atoms with Gasteiger partial charge in [-0.3, -0.25) is 11.3 Å². The lowest BCUT2D eigenvalue weighted by atomic mass is 9.69. The molecule has 1 unspecified atom stereocenters. The molecule has 0 amide bonds. The van der Waals surface area contributed by atoms with Crippen LogP contribution in [-0.2, 0) is 0 Å². The molecule has 0 spiro atoms. The van der Waals surface area contributed by atoms with E-state index in [4.69, 9.17) is 5.84 Å². The third-order valence-corrected chi connectivity index (χ3v) is 5.38. The first kappa shape index (κ1) is 18.0. The monoisotopic (exact) mass is 282 g/mol. The van der Waals surface area contributed by atoms with Crippen molar-refractivity contribution in [2.24, 2.45) is 11.3 Å². The molecule has 0 bridgehead atoms. The molecule has 1 aliphatic carbocycles. The van der Waals surface area contributed by atoms with E-state index in [1.54, 1.807) is 0 Å². The van der Waals surface area contributed by atoms with E-state index >= 15 is 0 Å². The van der Waals surface area contributed by atoms with Crippen LogP contribution in [0.1, 0.15) is 104 Å². The van der Waals surface area contributed by atoms with Gasteiger partial charge in [0.15, 0.2) is 0 Å². The van der Waals surface area contributed by atoms with Gasteiger partial charge in [-0.25, -0.2) is 0 Å². The number of hydrazine groups is 1. The number of hydrogen-bond donors (Lipinski definition) is 2. The van der Waals surface area contributed by atoms with Crippen molar-refractivity contribution in [1.29, 1.82) is 0 Å². The van der Waals surface area contributed by atoms with Gasteiger partial charge in [0.25, 0.3) is 0 Å². The quantitative estimate of drug-likeness (QED) is 0.306. The minimum Gasteiger partial charge on any atom is -0.271 e. The second-order valence-corrected chi connectivity index (χ2v) is 7.20. The molecule has 0 radical (unpaired) electrons. The maximum Gasteiger partial charge on any atom is 0.0264 e. The Hall–Kier alpha value is -0.0800. The maximum atomic E-state index is 5.83. The van der Waals surface area contributed by atoms with Crippen molar-refractivity contribution in [2.45, 2.75) is 110 Å². The fourth-order valence-corrected chi connectivity index (χ4v) is 3.82. The molecule has 0 aromatic carbocycles. The number of nitrogens with one attached hydrogen (secondary N) is 1. The van der Waals surface area contributed by atoms with Crippen LogP contribution in [0.5, 0.6) is 0 Å². The predicted octanol–water partition coefficient (Wildman–Crippen LogP) is 5.32. The third-order valence-electron chi connectivity index (χ3n) is 5.38. The fraction of sp³-hybridized carbons (Fsp3) is 1.00. The summed E-state index contributed by atoms with van der Waals surface area (Å²) in [5, 5.41) is 0. The predicted molar refractivity (Wildman–Crippen MR) is 89.5 cm³/mol. The highest BCUT2D eigenvalue weighted by molar-refractivity contribution is 4.88. The Kier molecular flexibility index (Phi) is 9.54. The standard InChI is InChI=1S/C18H38N2/c1-3-4-5-6-7-8-9-11-14-17(20-19)18(2)15-12-10-13-16-18/h17,20H,3-16,19H2,1-2H3. The minimum atomic E-state index is 0.453. The van der Waals surface area contributed by atoms with Crippen LogP contribution >= 0.6 is 0 Å². The van der Waals surface area contributed by atoms with E-state index in [9.17, 15) is 0 Å². The first-order chi connectivity index (χ1) is 9.73. The largest absolute Gasteiger partial charge is 0.271 e. The van der Waals surface area contributed by atoms with Crippen LogP contribution in [0.15, 0.2) is 0 Å². The van der Waals surface area contributed by atoms with E-state index in [2.05, 4.69) is 19.3 Å². The molecular formula is C18H38N2. The topological polar surface area (TPSA) is 38.0 Å². The van der Waals surface area contributed by atoms with Gasteiger partial charge in [-0.1, -0.05) is 84.5 Å². The molecule has 0 heterocycles. The highest BCUT2D eigenvalue weighted by Gasteiger charge is 2.34. The van der Waals surface area contributed by atoms with E-state index in [0.29, 0.717) is 11.5 Å². The molecule has 0 aromatic heterocycles. The molecule has 3 N–H and O–H groups in total. The van der Waals surface area contributed by atoms with E-state index in [0.717, 1.165) is 0 Å². The number of unbranched alkanes of at least 4 members (excludes halogenated alkanes) is 7. The number of hydrogen-bond acceptors (Lipinski definition) is 2. The second kappa shape index (κ2) is 10.6. The highest BCUT2D eigenvalue weighted by atomic mass is 15.2. The van der Waals surface area contributed by atoms with Gasteiger partial charge in [0.1, 0.15) is 0 Å². The molecule has 20 heavy (non-hydrogen) atoms. The Balaban J connectivity index is 2.09. The van der Waals surface area contributed by atoms with Gasteiger partial charge in [-0.2, -0.15) is 0 Å². The zero-order chi connectivity index (χ0) is 14.7. The summed E-state index contributed by atoms with van der Waals surface area (Å²) in [5.74, 6) is 5.83. The number of rotatable bonds is 11. The van der Waals surface area contributed by atoms with E-state index in [-0.39, 0.29) is 0 Å². The Bertz CT molecular complexity index is 221. The summed E-state index contributed by atoms with van der Waals surface area (Å²) in [4.78, 5) is 0. The van der Waals surface area contributed by atoms with Crippen LogP contribution in [-0.4, -0.2) is 6.04 Å². The molecule has 1 aliphatic rings. The van der Waals surface area contributed by atoms with Gasteiger partial charge >= 0.3 is 0 Å². The van der Waals surface area contributed by atoms with Crippen LogP contribution in [0.3, 0.4) is 0 Å². The van der Waals surface area contributed by atoms with Crippen LogP contribution in [0, 0.1) is 5.41 Å². The Labute approximate surface area is 127 Å². The third kappa shape index (κ3) is 6.58. The lowest BCUT2D eigenvalue weighted by Crippen LogP contribution is -2.48. The molecule has 0 saturated heterocycles. The van der Waals surface area contributed by atoms with E-state index < -0.39 is 0 Å². The normalized spacial score (nSPS) is 19.9. The summed E-state index contributed by atoms with van der Waals surface area (Å²) in [6.07, 6.45) is 19.4. The smallest absolute Gasteiger partial charge is 0.0264 e. The minimum absolute atomic E-state index is 0.453. The Morgan fingerprint density at radius 3 is 2.00 bits per heavy atom. The van der Waals surface area contributed by atoms with Crippen molar-refractivity contribution >= 4 is 0 Å². The highest BCUT2D eigenvalue weighted by Crippen LogP contribution is 2.40. The van der Waals surface area contributed by atoms with Crippen molar-refractivity contribution in [1.82, 2.24) is 5.43 Å². The average molecular weight is 283 g/mol. The van der Waals surface area contributed by atoms with E-state index in [1.165, 1.54) is 89.9 Å². The number of nitrogens with two attached hydrogens (primary N) is 1. The SMILES string of the molecule is CCCCCCCCCCC(NN)C1(C)CCCCC1. The average Bonchev–Trinajstić information content (AvgIpc) is 2.46. The van der Waals surface area contributed by atoms with Gasteiger partial charge in [0, 0.05) is 6.04 Å². The fourth-order valence-electron chi connectivity index (χ4n) is 3.82. The lowest BCUT2D eigenvalue weighted by molar-refractivity contribution is 0.135. The molecule has 1 atom stereocenters. The summed E-state index contributed by atoms with van der Waals surface area (Å²) in [6.45, 7) is 4.73. The van der Waals surface area contributed by atoms with Crippen molar-refractivity contribution in [2.75, 3.05) is 0 Å². The molecule has 120 valence electrons. The van der Waals surface area contributed by atoms with E-state index in [1.807, 2.05) is 0 Å². The van der Waals surface area contributed by atoms with Gasteiger partial charge in [-0.05, 0) is 24.7 Å². The summed E-state index contributed by atoms with van der Waals surface area (Å²) < 4.78 is 0. The first-order valence-corrected chi connectivity index (χ1v) is 9.19. The molecular weight excluding hydrogens is 244 g/mol. The van der Waals surface area contributed by atoms with Crippen LogP contribution in [0.4, 0.5) is 0 Å². The summed E-state index contributed by atoms with van der Waals surface area (Å²) >= 11 is 0. The van der Waals surface area contributed by atoms with Crippen molar-refractivity contribution in [3.05, 3.63) is 0 Å². The van der Waals surface area contributed by atoms with Gasteiger partial charge in [0.05, 0.1) is 0 Å². The molecule has 0 aromatic rings. The molecule has 2 heteroatoms. The molecule has 1 fully saturated rings. The van der Waals surface area contributed by atoms with Crippen LogP contribution < -0.4 is 11.3 Å². The summed E-state index contributed by atoms with van der Waals surface area (Å²) in [6, 6.07) is 0.530. The molecule has 1 rings (SSSR count).